The van der Waals surface area contributed by atoms with Crippen LogP contribution >= 0.6 is 34.8 Å². The predicted molar refractivity (Wildman–Crippen MR) is 147 cm³/mol. The van der Waals surface area contributed by atoms with Crippen LogP contribution < -0.4 is 4.74 Å². The first kappa shape index (κ1) is 25.1. The first-order valence-corrected chi connectivity index (χ1v) is 13.2. The third kappa shape index (κ3) is 4.09. The first-order chi connectivity index (χ1) is 17.2. The molecule has 3 aromatic carbocycles. The van der Waals surface area contributed by atoms with Gasteiger partial charge in [0.2, 0.25) is 0 Å². The van der Waals surface area contributed by atoms with Crippen molar-refractivity contribution in [2.75, 3.05) is 6.61 Å². The maximum absolute atomic E-state index is 13.3. The number of ether oxygens (including phenoxy) is 1. The van der Waals surface area contributed by atoms with E-state index in [0.29, 0.717) is 34.2 Å². The van der Waals surface area contributed by atoms with E-state index in [-0.39, 0.29) is 0 Å². The Morgan fingerprint density at radius 3 is 2.08 bits per heavy atom. The molecule has 1 heterocycles. The number of hydrogen-bond acceptors (Lipinski definition) is 3. The highest BCUT2D eigenvalue weighted by Crippen LogP contribution is 2.54. The van der Waals surface area contributed by atoms with Gasteiger partial charge in [0, 0.05) is 10.0 Å². The fourth-order valence-corrected chi connectivity index (χ4v) is 5.72. The normalized spacial score (nSPS) is 23.5. The zero-order chi connectivity index (χ0) is 25.7. The lowest BCUT2D eigenvalue weighted by atomic mass is 9.71. The summed E-state index contributed by atoms with van der Waals surface area (Å²) in [5.74, 6) is 1.67. The van der Waals surface area contributed by atoms with E-state index < -0.39 is 16.4 Å². The number of benzene rings is 3. The van der Waals surface area contributed by atoms with Crippen molar-refractivity contribution in [3.63, 3.8) is 0 Å². The van der Waals surface area contributed by atoms with Crippen molar-refractivity contribution >= 4 is 46.0 Å². The first-order valence-electron chi connectivity index (χ1n) is 12.1. The molecule has 0 spiro atoms. The molecule has 0 bridgehead atoms. The highest BCUT2D eigenvalue weighted by Gasteiger charge is 2.59. The topological polar surface area (TPSA) is 41.9 Å². The molecule has 1 fully saturated rings. The van der Waals surface area contributed by atoms with Crippen LogP contribution in [0.3, 0.4) is 0 Å². The average Bonchev–Trinajstić information content (AvgIpc) is 3.66. The van der Waals surface area contributed by atoms with Crippen LogP contribution in [0.25, 0.3) is 0 Å². The lowest BCUT2D eigenvalue weighted by Gasteiger charge is -2.44. The summed E-state index contributed by atoms with van der Waals surface area (Å²) in [5.41, 5.74) is 1.86. The van der Waals surface area contributed by atoms with Gasteiger partial charge in [-0.2, -0.15) is 0 Å². The molecule has 1 amide bonds. The van der Waals surface area contributed by atoms with E-state index in [1.165, 1.54) is 5.56 Å². The molecule has 1 aliphatic heterocycles. The van der Waals surface area contributed by atoms with E-state index in [1.54, 1.807) is 4.90 Å². The van der Waals surface area contributed by atoms with Crippen LogP contribution in [-0.4, -0.2) is 22.7 Å². The lowest BCUT2D eigenvalue weighted by Crippen LogP contribution is -2.53. The van der Waals surface area contributed by atoms with Gasteiger partial charge in [0.05, 0.1) is 12.2 Å². The summed E-state index contributed by atoms with van der Waals surface area (Å²) in [6, 6.07) is 21.2. The molecule has 0 unspecified atom stereocenters. The number of halogens is 3. The Morgan fingerprint density at radius 2 is 1.56 bits per heavy atom. The zero-order valence-corrected chi connectivity index (χ0v) is 22.7. The number of rotatable bonds is 6. The third-order valence-electron chi connectivity index (χ3n) is 7.52. The molecule has 3 aromatic rings. The van der Waals surface area contributed by atoms with Crippen LogP contribution in [-0.2, 0) is 11.1 Å². The minimum atomic E-state index is -0.974. The van der Waals surface area contributed by atoms with Crippen LogP contribution in [0.1, 0.15) is 61.8 Å². The van der Waals surface area contributed by atoms with Gasteiger partial charge in [0.25, 0.3) is 0 Å². The van der Waals surface area contributed by atoms with E-state index >= 15 is 0 Å². The number of aliphatic imine (C=N–C) groups is 1. The van der Waals surface area contributed by atoms with Crippen molar-refractivity contribution in [1.29, 1.82) is 0 Å². The molecule has 7 heteroatoms. The van der Waals surface area contributed by atoms with Gasteiger partial charge in [-0.1, -0.05) is 53.5 Å². The van der Waals surface area contributed by atoms with Gasteiger partial charge < -0.3 is 4.74 Å². The van der Waals surface area contributed by atoms with Gasteiger partial charge in [0.15, 0.2) is 0 Å². The zero-order valence-electron chi connectivity index (χ0n) is 20.4. The number of amides is 1. The summed E-state index contributed by atoms with van der Waals surface area (Å²) in [6.07, 6.45) is 2.31. The van der Waals surface area contributed by atoms with Crippen molar-refractivity contribution in [3.8, 4) is 5.75 Å². The molecule has 1 aliphatic carbocycles. The number of hydrogen-bond donors (Lipinski definition) is 0. The smallest absolute Gasteiger partial charge is 0.322 e. The molecular weight excluding hydrogens is 515 g/mol. The Balaban J connectivity index is 1.79. The van der Waals surface area contributed by atoms with Crippen molar-refractivity contribution in [1.82, 2.24) is 4.90 Å². The van der Waals surface area contributed by atoms with Crippen LogP contribution in [0.2, 0.25) is 10.0 Å². The van der Waals surface area contributed by atoms with Crippen LogP contribution in [0.4, 0.5) is 4.79 Å². The Morgan fingerprint density at radius 1 is 0.972 bits per heavy atom. The molecule has 0 N–H and O–H groups in total. The Bertz CT molecular complexity index is 1340. The third-order valence-corrected chi connectivity index (χ3v) is 8.19. The van der Waals surface area contributed by atoms with Gasteiger partial charge >= 0.3 is 5.37 Å². The van der Waals surface area contributed by atoms with Gasteiger partial charge in [-0.05, 0) is 104 Å². The van der Waals surface area contributed by atoms with E-state index in [0.717, 1.165) is 29.5 Å². The number of nitrogens with zero attached hydrogens (tertiary/aromatic N) is 2. The molecule has 5 rings (SSSR count). The maximum atomic E-state index is 13.3. The molecule has 0 radical (unpaired) electrons. The SMILES string of the molecule is CCOc1ccc(C2CC2)cc1C1=N[C@@](C)(c2ccc(Cl)cc2)[C@@](C)(c2ccc(Cl)cc2)N1C(=O)Cl. The molecular formula is C29H27Cl3N2O2. The fraction of sp³-hybridized carbons (Fsp3) is 0.310. The Labute approximate surface area is 226 Å². The summed E-state index contributed by atoms with van der Waals surface area (Å²) in [4.78, 5) is 20.2. The summed E-state index contributed by atoms with van der Waals surface area (Å²) in [5, 5.41) is 0.608. The molecule has 2 atom stereocenters. The Kier molecular flexibility index (Phi) is 6.57. The van der Waals surface area contributed by atoms with Crippen LogP contribution in [0.5, 0.6) is 5.75 Å². The molecule has 186 valence electrons. The molecule has 0 aromatic heterocycles. The van der Waals surface area contributed by atoms with E-state index in [4.69, 9.17) is 44.5 Å². The van der Waals surface area contributed by atoms with Crippen molar-refractivity contribution in [2.24, 2.45) is 4.99 Å². The number of carbonyl (C=O) groups excluding carboxylic acids is 1. The summed E-state index contributed by atoms with van der Waals surface area (Å²) >= 11 is 18.9. The Hall–Kier alpha value is -2.53. The molecule has 4 nitrogen and oxygen atoms in total. The predicted octanol–water partition coefficient (Wildman–Crippen LogP) is 8.52. The highest BCUT2D eigenvalue weighted by molar-refractivity contribution is 6.64. The summed E-state index contributed by atoms with van der Waals surface area (Å²) in [6.45, 7) is 6.44. The fourth-order valence-electron chi connectivity index (χ4n) is 5.22. The van der Waals surface area contributed by atoms with E-state index in [2.05, 4.69) is 12.1 Å². The lowest BCUT2D eigenvalue weighted by molar-refractivity contribution is 0.149. The van der Waals surface area contributed by atoms with Gasteiger partial charge in [-0.25, -0.2) is 0 Å². The van der Waals surface area contributed by atoms with Crippen LogP contribution in [0.15, 0.2) is 71.7 Å². The second kappa shape index (κ2) is 9.41. The molecule has 1 saturated carbocycles. The summed E-state index contributed by atoms with van der Waals surface area (Å²) in [7, 11) is 0. The molecule has 36 heavy (non-hydrogen) atoms. The molecule has 0 saturated heterocycles. The van der Waals surface area contributed by atoms with Gasteiger partial charge in [-0.3, -0.25) is 14.7 Å². The van der Waals surface area contributed by atoms with Crippen LogP contribution in [0, 0.1) is 0 Å². The number of amidine groups is 1. The maximum Gasteiger partial charge on any atom is 0.322 e. The molecule has 2 aliphatic rings. The minimum Gasteiger partial charge on any atom is -0.493 e. The largest absolute Gasteiger partial charge is 0.493 e. The van der Waals surface area contributed by atoms with Crippen molar-refractivity contribution < 1.29 is 9.53 Å². The second-order valence-corrected chi connectivity index (χ2v) is 10.8. The van der Waals surface area contributed by atoms with Crippen molar-refractivity contribution in [2.45, 2.75) is 50.6 Å². The van der Waals surface area contributed by atoms with E-state index in [9.17, 15) is 4.79 Å². The average molecular weight is 542 g/mol. The second-order valence-electron chi connectivity index (χ2n) is 9.64. The standard InChI is InChI=1S/C29H27Cl3N2O2/c1-4-36-25-16-7-19(18-5-6-18)17-24(25)26-33-28(2,20-8-12-22(30)13-9-20)29(3,34(26)27(32)35)21-10-14-23(31)15-11-21/h7-18H,4-6H2,1-3H3/t28-,29+/m0/s1. The van der Waals surface area contributed by atoms with Crippen molar-refractivity contribution in [3.05, 3.63) is 99.0 Å². The van der Waals surface area contributed by atoms with Gasteiger partial charge in [-0.15, -0.1) is 0 Å². The summed E-state index contributed by atoms with van der Waals surface area (Å²) < 4.78 is 6.02. The quantitative estimate of drug-likeness (QED) is 0.232. The van der Waals surface area contributed by atoms with Gasteiger partial charge in [0.1, 0.15) is 22.7 Å². The monoisotopic (exact) mass is 540 g/mol. The highest BCUT2D eigenvalue weighted by atomic mass is 35.5. The number of carbonyl (C=O) groups is 1. The van der Waals surface area contributed by atoms with E-state index in [1.807, 2.05) is 75.4 Å². The minimum absolute atomic E-state index is 0.482.